The SMILES string of the molecule is CC/C=C\C/C=C\C/C=C\C/C=C\C/C=C\C/C=C\C/C=C\CCCCCC(=O)OCC(COC(=O)CC/C=C\C/C=C\C/C=C\C/C=C\C/C=C\C/C=C\CC)OC(=O)CCCCCCCCCC/C=C\C/C=C\C/C=C\C/C=C\CC. The molecule has 83 heavy (non-hydrogen) atoms. The fourth-order valence-corrected chi connectivity index (χ4v) is 8.03. The Kier molecular flexibility index (Phi) is 63.5. The monoisotopic (exact) mass is 1140 g/mol. The van der Waals surface area contributed by atoms with E-state index in [1.165, 1.54) is 25.7 Å². The van der Waals surface area contributed by atoms with Gasteiger partial charge in [0.1, 0.15) is 13.2 Å². The molecule has 0 fully saturated rings. The Morgan fingerprint density at radius 3 is 0.759 bits per heavy atom. The van der Waals surface area contributed by atoms with Gasteiger partial charge in [-0.05, 0) is 154 Å². The van der Waals surface area contributed by atoms with Crippen LogP contribution in [0.3, 0.4) is 0 Å². The van der Waals surface area contributed by atoms with Crippen LogP contribution in [0.25, 0.3) is 0 Å². The van der Waals surface area contributed by atoms with Gasteiger partial charge in [-0.3, -0.25) is 14.4 Å². The molecule has 0 saturated carbocycles. The molecule has 460 valence electrons. The Labute approximate surface area is 509 Å². The van der Waals surface area contributed by atoms with Crippen molar-refractivity contribution in [3.8, 4) is 0 Å². The van der Waals surface area contributed by atoms with E-state index in [0.29, 0.717) is 12.8 Å². The molecule has 6 heteroatoms. The van der Waals surface area contributed by atoms with Gasteiger partial charge < -0.3 is 14.2 Å². The maximum Gasteiger partial charge on any atom is 0.306 e. The number of unbranched alkanes of at least 4 members (excludes halogenated alkanes) is 11. The number of esters is 3. The molecule has 0 aromatic rings. The zero-order valence-corrected chi connectivity index (χ0v) is 52.6. The molecular formula is C77H116O6. The third-order valence-corrected chi connectivity index (χ3v) is 12.8. The Bertz CT molecular complexity index is 2030. The highest BCUT2D eigenvalue weighted by Crippen LogP contribution is 2.13. The van der Waals surface area contributed by atoms with E-state index in [0.717, 1.165) is 167 Å². The average Bonchev–Trinajstić information content (AvgIpc) is 3.50. The molecule has 6 nitrogen and oxygen atoms in total. The first kappa shape index (κ1) is 77.0. The topological polar surface area (TPSA) is 78.9 Å². The third-order valence-electron chi connectivity index (χ3n) is 12.8. The van der Waals surface area contributed by atoms with Crippen LogP contribution in [-0.4, -0.2) is 37.2 Å². The predicted octanol–water partition coefficient (Wildman–Crippen LogP) is 22.8. The Morgan fingerprint density at radius 2 is 0.458 bits per heavy atom. The second-order valence-electron chi connectivity index (χ2n) is 20.5. The van der Waals surface area contributed by atoms with Gasteiger partial charge in [0.05, 0.1) is 0 Å². The summed E-state index contributed by atoms with van der Waals surface area (Å²) in [7, 11) is 0. The van der Waals surface area contributed by atoms with Crippen molar-refractivity contribution in [2.24, 2.45) is 0 Å². The molecule has 0 aromatic carbocycles. The molecule has 0 aromatic heterocycles. The molecule has 0 N–H and O–H groups in total. The highest BCUT2D eigenvalue weighted by molar-refractivity contribution is 5.71. The van der Waals surface area contributed by atoms with Gasteiger partial charge in [-0.2, -0.15) is 0 Å². The summed E-state index contributed by atoms with van der Waals surface area (Å²) in [6.45, 7) is 6.19. The van der Waals surface area contributed by atoms with Crippen LogP contribution >= 0.6 is 0 Å². The molecule has 0 bridgehead atoms. The molecule has 0 radical (unpaired) electrons. The van der Waals surface area contributed by atoms with Gasteiger partial charge in [-0.1, -0.05) is 272 Å². The summed E-state index contributed by atoms with van der Waals surface area (Å²) in [6, 6.07) is 0. The standard InChI is InChI=1S/C77H116O6/c1-4-7-10-13-16-19-22-25-28-31-34-36-37-38-39-41-43-46-49-52-55-58-61-64-67-70-76(79)82-73-74(72-81-75(78)69-66-63-60-57-54-51-48-45-42-33-30-27-24-21-18-15-12-9-6-3)83-77(80)71-68-65-62-59-56-53-50-47-44-40-35-32-29-26-23-20-17-14-11-8-5-2/h7-12,16-21,25-30,34-36,38-40,42-43,45-46,51-52,54-55,60,63,74H,4-6,13-15,22-24,31-33,37,41,44,47-50,53,56-59,61-62,64-73H2,1-3H3/b10-7-,11-8-,12-9-,19-16-,20-17-,21-18-,28-25-,29-26-,30-27-,36-34-,39-38-,40-35-,45-42-,46-43-,54-51-,55-52-,63-60-. The Morgan fingerprint density at radius 1 is 0.241 bits per heavy atom. The summed E-state index contributed by atoms with van der Waals surface area (Å²) in [5.41, 5.74) is 0. The molecule has 0 aliphatic carbocycles. The van der Waals surface area contributed by atoms with Crippen LogP contribution in [-0.2, 0) is 28.6 Å². The highest BCUT2D eigenvalue weighted by atomic mass is 16.6. The van der Waals surface area contributed by atoms with E-state index in [1.54, 1.807) is 0 Å². The molecule has 1 atom stereocenters. The number of ether oxygens (including phenoxy) is 3. The lowest BCUT2D eigenvalue weighted by Crippen LogP contribution is -2.30. The van der Waals surface area contributed by atoms with Crippen molar-refractivity contribution < 1.29 is 28.6 Å². The Hall–Kier alpha value is -6.01. The van der Waals surface area contributed by atoms with E-state index >= 15 is 0 Å². The summed E-state index contributed by atoms with van der Waals surface area (Å²) in [6.07, 6.45) is 106. The second kappa shape index (κ2) is 68.5. The minimum Gasteiger partial charge on any atom is -0.462 e. The van der Waals surface area contributed by atoms with Crippen molar-refractivity contribution in [2.45, 2.75) is 245 Å². The normalized spacial score (nSPS) is 13.5. The molecular weight excluding hydrogens is 1020 g/mol. The van der Waals surface area contributed by atoms with Crippen molar-refractivity contribution >= 4 is 17.9 Å². The summed E-state index contributed by atoms with van der Waals surface area (Å²) >= 11 is 0. The van der Waals surface area contributed by atoms with Crippen LogP contribution in [0, 0.1) is 0 Å². The van der Waals surface area contributed by atoms with Gasteiger partial charge in [-0.25, -0.2) is 0 Å². The van der Waals surface area contributed by atoms with Crippen molar-refractivity contribution in [1.82, 2.24) is 0 Å². The molecule has 0 heterocycles. The number of rotatable bonds is 56. The van der Waals surface area contributed by atoms with Crippen LogP contribution in [0.5, 0.6) is 0 Å². The predicted molar refractivity (Wildman–Crippen MR) is 361 cm³/mol. The van der Waals surface area contributed by atoms with Crippen LogP contribution in [0.1, 0.15) is 239 Å². The van der Waals surface area contributed by atoms with E-state index in [4.69, 9.17) is 14.2 Å². The van der Waals surface area contributed by atoms with E-state index in [9.17, 15) is 14.4 Å². The maximum atomic E-state index is 12.9. The highest BCUT2D eigenvalue weighted by Gasteiger charge is 2.19. The first-order valence-electron chi connectivity index (χ1n) is 32.6. The van der Waals surface area contributed by atoms with Gasteiger partial charge in [0.25, 0.3) is 0 Å². The third kappa shape index (κ3) is 66.7. The van der Waals surface area contributed by atoms with E-state index in [2.05, 4.69) is 215 Å². The number of carbonyl (C=O) groups is 3. The summed E-state index contributed by atoms with van der Waals surface area (Å²) in [5, 5.41) is 0. The summed E-state index contributed by atoms with van der Waals surface area (Å²) in [4.78, 5) is 38.4. The van der Waals surface area contributed by atoms with Crippen molar-refractivity contribution in [3.63, 3.8) is 0 Å². The lowest BCUT2D eigenvalue weighted by molar-refractivity contribution is -0.166. The molecule has 0 saturated heterocycles. The van der Waals surface area contributed by atoms with Crippen molar-refractivity contribution in [2.75, 3.05) is 13.2 Å². The quantitative estimate of drug-likeness (QED) is 0.0261. The minimum atomic E-state index is -0.843. The molecule has 0 amide bonds. The van der Waals surface area contributed by atoms with Crippen molar-refractivity contribution in [3.05, 3.63) is 207 Å². The number of allylic oxidation sites excluding steroid dienone is 34. The van der Waals surface area contributed by atoms with E-state index < -0.39 is 6.10 Å². The van der Waals surface area contributed by atoms with E-state index in [-0.39, 0.29) is 44.0 Å². The van der Waals surface area contributed by atoms with Gasteiger partial charge in [-0.15, -0.1) is 0 Å². The fourth-order valence-electron chi connectivity index (χ4n) is 8.03. The van der Waals surface area contributed by atoms with Crippen molar-refractivity contribution in [1.29, 1.82) is 0 Å². The lowest BCUT2D eigenvalue weighted by Gasteiger charge is -2.18. The van der Waals surface area contributed by atoms with Crippen LogP contribution in [0.15, 0.2) is 207 Å². The number of hydrogen-bond donors (Lipinski definition) is 0. The second-order valence-corrected chi connectivity index (χ2v) is 20.5. The molecule has 0 aliphatic heterocycles. The van der Waals surface area contributed by atoms with Gasteiger partial charge in [0.15, 0.2) is 6.10 Å². The first-order valence-corrected chi connectivity index (χ1v) is 32.6. The van der Waals surface area contributed by atoms with Crippen LogP contribution in [0.4, 0.5) is 0 Å². The largest absolute Gasteiger partial charge is 0.462 e. The minimum absolute atomic E-state index is 0.134. The van der Waals surface area contributed by atoms with Gasteiger partial charge >= 0.3 is 17.9 Å². The first-order chi connectivity index (χ1) is 41.0. The molecule has 1 unspecified atom stereocenters. The van der Waals surface area contributed by atoms with Gasteiger partial charge in [0, 0.05) is 19.3 Å². The molecule has 0 aliphatic rings. The average molecular weight is 1140 g/mol. The summed E-state index contributed by atoms with van der Waals surface area (Å²) in [5.74, 6) is -1.07. The lowest BCUT2D eigenvalue weighted by atomic mass is 10.1. The van der Waals surface area contributed by atoms with Gasteiger partial charge in [0.2, 0.25) is 0 Å². The Balaban J connectivity index is 4.61. The fraction of sp³-hybridized carbons (Fsp3) is 0.519. The molecule has 0 rings (SSSR count). The molecule has 0 spiro atoms. The maximum absolute atomic E-state index is 12.9. The van der Waals surface area contributed by atoms with Crippen LogP contribution in [0.2, 0.25) is 0 Å². The van der Waals surface area contributed by atoms with Crippen LogP contribution < -0.4 is 0 Å². The van der Waals surface area contributed by atoms with E-state index in [1.807, 2.05) is 12.2 Å². The zero-order valence-electron chi connectivity index (χ0n) is 52.6. The summed E-state index contributed by atoms with van der Waals surface area (Å²) < 4.78 is 16.8. The number of hydrogen-bond acceptors (Lipinski definition) is 6. The number of carbonyl (C=O) groups excluding carboxylic acids is 3. The zero-order chi connectivity index (χ0) is 59.9. The smallest absolute Gasteiger partial charge is 0.306 e.